The Morgan fingerprint density at radius 2 is 1.87 bits per heavy atom. The number of rotatable bonds is 4. The van der Waals surface area contributed by atoms with E-state index in [1.165, 1.54) is 0 Å². The van der Waals surface area contributed by atoms with E-state index in [1.807, 2.05) is 54.9 Å². The normalized spacial score (nSPS) is 24.3. The molecular weight excluding hydrogens is 580 g/mol. The molecule has 5 heterocycles. The molecule has 1 aliphatic carbocycles. The number of hydrogen-bond donors (Lipinski definition) is 0. The van der Waals surface area contributed by atoms with Crippen LogP contribution in [0.15, 0.2) is 48.9 Å². The molecule has 4 aromatic rings. The average Bonchev–Trinajstić information content (AvgIpc) is 3.28. The molecule has 0 spiro atoms. The minimum atomic E-state index is -0.491. The standard InChI is InChI=1S/C36H40N6O4/c1-5-30(44)29-15-36-16-31(36)42(29)34(46)20-40-19-28(23(3)43)27-14-25(26-17-37-32-12-22(2)38-41(32)18-26)13-24(35(27)40)10-8-6-7-9-11-33(45)39(4)21-36/h6,8,12-14,17-19,29,31H,5,7,9-11,15-16,20-21H2,1-4H3/b8-6+/t29-,31+,36-/m0/s1. The van der Waals surface area contributed by atoms with Crippen LogP contribution in [-0.2, 0) is 27.3 Å². The van der Waals surface area contributed by atoms with Gasteiger partial charge in [-0.05, 0) is 69.2 Å². The Bertz CT molecular complexity index is 1950. The molecule has 1 saturated heterocycles. The zero-order chi connectivity index (χ0) is 32.3. The number of fused-ring (bicyclic) bond motifs is 1. The number of piperidine rings is 1. The minimum absolute atomic E-state index is 0.0226. The lowest BCUT2D eigenvalue weighted by Crippen LogP contribution is -2.44. The number of aryl methyl sites for hydroxylation is 1. The summed E-state index contributed by atoms with van der Waals surface area (Å²) in [6.45, 7) is 5.90. The Balaban J connectivity index is 1.35. The summed E-state index contributed by atoms with van der Waals surface area (Å²) in [5, 5.41) is 5.32. The van der Waals surface area contributed by atoms with Crippen molar-refractivity contribution in [3.05, 3.63) is 65.8 Å². The Morgan fingerprint density at radius 3 is 2.65 bits per heavy atom. The first kappa shape index (κ1) is 30.1. The van der Waals surface area contributed by atoms with E-state index in [1.54, 1.807) is 22.5 Å². The van der Waals surface area contributed by atoms with Crippen molar-refractivity contribution in [1.82, 2.24) is 29.0 Å². The number of hydrogen-bond acceptors (Lipinski definition) is 6. The van der Waals surface area contributed by atoms with Gasteiger partial charge in [-0.15, -0.1) is 0 Å². The zero-order valence-corrected chi connectivity index (χ0v) is 27.0. The smallest absolute Gasteiger partial charge is 0.243 e. The van der Waals surface area contributed by atoms with E-state index in [-0.39, 0.29) is 41.4 Å². The van der Waals surface area contributed by atoms with Gasteiger partial charge >= 0.3 is 0 Å². The second-order valence-corrected chi connectivity index (χ2v) is 13.4. The fourth-order valence-electron chi connectivity index (χ4n) is 7.81. The molecule has 10 heteroatoms. The molecule has 2 bridgehead atoms. The van der Waals surface area contributed by atoms with Gasteiger partial charge in [-0.2, -0.15) is 5.10 Å². The Morgan fingerprint density at radius 1 is 1.04 bits per heavy atom. The highest BCUT2D eigenvalue weighted by atomic mass is 16.2. The zero-order valence-electron chi connectivity index (χ0n) is 27.0. The van der Waals surface area contributed by atoms with E-state index in [4.69, 9.17) is 0 Å². The van der Waals surface area contributed by atoms with Crippen molar-refractivity contribution in [2.24, 2.45) is 5.41 Å². The van der Waals surface area contributed by atoms with E-state index in [0.717, 1.165) is 58.2 Å². The predicted molar refractivity (Wildman–Crippen MR) is 174 cm³/mol. The molecule has 2 aliphatic heterocycles. The van der Waals surface area contributed by atoms with E-state index >= 15 is 0 Å². The Labute approximate surface area is 268 Å². The molecule has 7 rings (SSSR count). The summed E-state index contributed by atoms with van der Waals surface area (Å²) in [7, 11) is 1.84. The monoisotopic (exact) mass is 620 g/mol. The van der Waals surface area contributed by atoms with Crippen LogP contribution in [0, 0.1) is 12.3 Å². The number of benzene rings is 1. The van der Waals surface area contributed by atoms with Gasteiger partial charge in [0.2, 0.25) is 11.8 Å². The van der Waals surface area contributed by atoms with Crippen molar-refractivity contribution in [2.45, 2.75) is 84.3 Å². The van der Waals surface area contributed by atoms with Gasteiger partial charge in [0, 0.05) is 79.1 Å². The summed E-state index contributed by atoms with van der Waals surface area (Å²) in [5.41, 5.74) is 5.53. The molecule has 10 nitrogen and oxygen atoms in total. The van der Waals surface area contributed by atoms with Gasteiger partial charge in [0.05, 0.1) is 17.3 Å². The van der Waals surface area contributed by atoms with Crippen molar-refractivity contribution in [3.63, 3.8) is 0 Å². The molecule has 1 saturated carbocycles. The first-order valence-electron chi connectivity index (χ1n) is 16.3. The first-order valence-corrected chi connectivity index (χ1v) is 16.3. The highest BCUT2D eigenvalue weighted by Gasteiger charge is 2.67. The lowest BCUT2D eigenvalue weighted by Gasteiger charge is -2.27. The number of aromatic nitrogens is 4. The molecule has 3 aromatic heterocycles. The number of carbonyl (C=O) groups is 4. The molecule has 3 atom stereocenters. The van der Waals surface area contributed by atoms with Crippen LogP contribution in [0.3, 0.4) is 0 Å². The number of amides is 2. The van der Waals surface area contributed by atoms with Crippen molar-refractivity contribution < 1.29 is 19.2 Å². The van der Waals surface area contributed by atoms with Gasteiger partial charge in [-0.25, -0.2) is 9.50 Å². The minimum Gasteiger partial charge on any atom is -0.345 e. The number of ketones is 2. The molecule has 0 unspecified atom stereocenters. The van der Waals surface area contributed by atoms with Gasteiger partial charge in [0.25, 0.3) is 0 Å². The van der Waals surface area contributed by atoms with Crippen LogP contribution >= 0.6 is 0 Å². The first-order chi connectivity index (χ1) is 22.1. The molecule has 2 fully saturated rings. The van der Waals surface area contributed by atoms with E-state index in [0.29, 0.717) is 37.8 Å². The fraction of sp³-hybridized carbons (Fsp3) is 0.444. The third-order valence-electron chi connectivity index (χ3n) is 10.2. The molecule has 2 amide bonds. The van der Waals surface area contributed by atoms with Crippen LogP contribution in [0.1, 0.15) is 74.0 Å². The number of allylic oxidation sites excluding steroid dienone is 2. The third kappa shape index (κ3) is 5.13. The fourth-order valence-corrected chi connectivity index (χ4v) is 7.81. The lowest BCUT2D eigenvalue weighted by atomic mass is 9.95. The van der Waals surface area contributed by atoms with Crippen LogP contribution in [0.5, 0.6) is 0 Å². The van der Waals surface area contributed by atoms with Gasteiger partial charge in [-0.3, -0.25) is 19.2 Å². The predicted octanol–water partition coefficient (Wildman–Crippen LogP) is 4.94. The molecule has 46 heavy (non-hydrogen) atoms. The second kappa shape index (κ2) is 11.3. The second-order valence-electron chi connectivity index (χ2n) is 13.4. The molecule has 3 aliphatic rings. The summed E-state index contributed by atoms with van der Waals surface area (Å²) >= 11 is 0. The summed E-state index contributed by atoms with van der Waals surface area (Å²) in [4.78, 5) is 61.7. The maximum Gasteiger partial charge on any atom is 0.243 e. The van der Waals surface area contributed by atoms with Crippen LogP contribution < -0.4 is 0 Å². The third-order valence-corrected chi connectivity index (χ3v) is 10.2. The number of Topliss-reactive ketones (excluding diaryl/α,β-unsaturated/α-hetero) is 2. The summed E-state index contributed by atoms with van der Waals surface area (Å²) < 4.78 is 3.67. The quantitative estimate of drug-likeness (QED) is 0.236. The lowest BCUT2D eigenvalue weighted by molar-refractivity contribution is -0.139. The van der Waals surface area contributed by atoms with E-state index in [9.17, 15) is 19.2 Å². The highest BCUT2D eigenvalue weighted by Crippen LogP contribution is 2.60. The topological polar surface area (TPSA) is 110 Å². The maximum atomic E-state index is 14.2. The maximum absolute atomic E-state index is 14.2. The average molecular weight is 621 g/mol. The highest BCUT2D eigenvalue weighted by molar-refractivity contribution is 6.09. The molecule has 238 valence electrons. The van der Waals surface area contributed by atoms with Crippen molar-refractivity contribution in [1.29, 1.82) is 0 Å². The van der Waals surface area contributed by atoms with Gasteiger partial charge in [0.15, 0.2) is 17.2 Å². The van der Waals surface area contributed by atoms with Crippen molar-refractivity contribution >= 4 is 39.9 Å². The Hall–Kier alpha value is -4.60. The molecule has 0 radical (unpaired) electrons. The van der Waals surface area contributed by atoms with E-state index in [2.05, 4.69) is 28.3 Å². The summed E-state index contributed by atoms with van der Waals surface area (Å²) in [6, 6.07) is 5.48. The number of nitrogens with zero attached hydrogens (tertiary/aromatic N) is 6. The molecule has 0 N–H and O–H groups in total. The largest absolute Gasteiger partial charge is 0.345 e. The summed E-state index contributed by atoms with van der Waals surface area (Å²) in [5.74, 6) is -0.0578. The number of carbonyl (C=O) groups excluding carboxylic acids is 4. The van der Waals surface area contributed by atoms with Crippen LogP contribution in [0.2, 0.25) is 0 Å². The van der Waals surface area contributed by atoms with Gasteiger partial charge in [0.1, 0.15) is 6.54 Å². The molecular formula is C36H40N6O4. The van der Waals surface area contributed by atoms with Crippen LogP contribution in [0.25, 0.3) is 27.7 Å². The Kier molecular flexibility index (Phi) is 7.41. The molecule has 1 aromatic carbocycles. The van der Waals surface area contributed by atoms with Gasteiger partial charge in [-0.1, -0.05) is 19.1 Å². The van der Waals surface area contributed by atoms with Crippen LogP contribution in [0.4, 0.5) is 0 Å². The van der Waals surface area contributed by atoms with E-state index < -0.39 is 6.04 Å². The SMILES string of the molecule is CCC(=O)[C@@H]1C[C@@]23C[C@H]2N1C(=O)Cn1cc(C(C)=O)c2cc(-c4cnc5cc(C)nn5c4)cc(c21)C/C=C/CCCC(=O)N(C)C3. The van der Waals surface area contributed by atoms with Crippen molar-refractivity contribution in [3.8, 4) is 11.1 Å². The van der Waals surface area contributed by atoms with Crippen LogP contribution in [-0.4, -0.2) is 78.0 Å². The van der Waals surface area contributed by atoms with Gasteiger partial charge < -0.3 is 14.4 Å². The van der Waals surface area contributed by atoms with Crippen molar-refractivity contribution in [2.75, 3.05) is 13.6 Å². The summed E-state index contributed by atoms with van der Waals surface area (Å²) in [6.07, 6.45) is 14.1.